The number of hydrogen-bond acceptors (Lipinski definition) is 20. The number of carbonyl (C=O) groups is 1. The number of aliphatic hydroxyl groups excluding tert-OH is 8. The van der Waals surface area contributed by atoms with Crippen molar-refractivity contribution in [3.8, 4) is 23.0 Å². The first-order valence-electron chi connectivity index (χ1n) is 17.2. The Labute approximate surface area is 313 Å². The molecule has 0 saturated carbocycles. The second-order valence-corrected chi connectivity index (χ2v) is 13.3. The third-order valence-corrected chi connectivity index (χ3v) is 9.36. The van der Waals surface area contributed by atoms with Gasteiger partial charge in [-0.1, -0.05) is 12.1 Å². The lowest BCUT2D eigenvalue weighted by molar-refractivity contribution is -0.364. The molecule has 12 N–H and O–H groups in total. The van der Waals surface area contributed by atoms with Crippen LogP contribution in [0.5, 0.6) is 23.0 Å². The number of ether oxygens (including phenoxy) is 7. The van der Waals surface area contributed by atoms with E-state index < -0.39 is 123 Å². The zero-order valence-corrected chi connectivity index (χ0v) is 29.2. The molecule has 15 atom stereocenters. The minimum absolute atomic E-state index is 0.111. The van der Waals surface area contributed by atoms with Crippen LogP contribution in [0.2, 0.25) is 0 Å². The van der Waals surface area contributed by atoms with Crippen LogP contribution in [0.1, 0.15) is 18.1 Å². The average molecular weight is 787 g/mol. The molecule has 0 bridgehead atoms. The fraction of sp³-hybridized carbons (Fsp3) is 0.571. The van der Waals surface area contributed by atoms with E-state index in [1.807, 2.05) is 0 Å². The van der Waals surface area contributed by atoms with Gasteiger partial charge in [-0.3, -0.25) is 0 Å². The summed E-state index contributed by atoms with van der Waals surface area (Å²) in [5.41, 5.74) is 0.773. The van der Waals surface area contributed by atoms with E-state index in [2.05, 4.69) is 0 Å². The van der Waals surface area contributed by atoms with Crippen LogP contribution in [0.3, 0.4) is 0 Å². The van der Waals surface area contributed by atoms with E-state index in [9.17, 15) is 66.1 Å². The number of carbonyl (C=O) groups excluding carboxylic acids is 1. The monoisotopic (exact) mass is 786 g/mol. The summed E-state index contributed by atoms with van der Waals surface area (Å²) < 4.78 is 40.2. The molecule has 3 saturated heterocycles. The molecular weight excluding hydrogens is 740 g/mol. The molecule has 0 unspecified atom stereocenters. The SMILES string of the molecule is C[C@H]1O[C@@H](O[C@H]2[C@H](O)[C@@H](OCCc3ccc(O)c(O)c3)O[C@@H](CO[C@@H]3O[C@H](CO)[C@H](O)[C@H](O)[C@@H]3O)[C@@H]2OC(=O)/C=C/c2ccc(O)c(O)c2)[C@H](O)[C@H](O)[C@@H]1O. The van der Waals surface area contributed by atoms with Crippen molar-refractivity contribution < 1.29 is 99.2 Å². The molecule has 2 aromatic rings. The second kappa shape index (κ2) is 18.5. The Morgan fingerprint density at radius 3 is 1.96 bits per heavy atom. The van der Waals surface area contributed by atoms with Gasteiger partial charge in [0.1, 0.15) is 61.0 Å². The Hall–Kier alpha value is -3.71. The Kier molecular flexibility index (Phi) is 14.3. The summed E-state index contributed by atoms with van der Waals surface area (Å²) in [6.45, 7) is -0.254. The lowest BCUT2D eigenvalue weighted by atomic mass is 9.96. The number of hydrogen-bond donors (Lipinski definition) is 12. The highest BCUT2D eigenvalue weighted by Crippen LogP contribution is 2.33. The number of aliphatic hydroxyl groups is 8. The molecule has 3 heterocycles. The number of benzene rings is 2. The van der Waals surface area contributed by atoms with Crippen LogP contribution in [0.25, 0.3) is 6.08 Å². The number of phenolic OH excluding ortho intramolecular Hbond substituents is 4. The fourth-order valence-electron chi connectivity index (χ4n) is 6.14. The molecular formula is C35H46O20. The Morgan fingerprint density at radius 1 is 0.673 bits per heavy atom. The molecule has 3 aliphatic heterocycles. The van der Waals surface area contributed by atoms with Gasteiger partial charge in [-0.15, -0.1) is 0 Å². The standard InChI is InChI=1S/C35H46O20/c1-14-24(42)26(44)29(47)35(51-14)55-32-30(48)34(49-9-8-16-3-6-18(38)20(40)11-16)53-22(13-50-33-28(46)27(45)25(43)21(12-36)52-33)31(32)54-23(41)7-4-15-2-5-17(37)19(39)10-15/h2-7,10-11,14,21-22,24-40,42-48H,8-9,12-13H2,1H3/b7-4+/t14-,21-,22+,24-,25+,26-,27+,28+,29-,30+,31+,32+,33-,34+,35+/m1/s1. The summed E-state index contributed by atoms with van der Waals surface area (Å²) in [7, 11) is 0. The molecule has 0 aliphatic carbocycles. The van der Waals surface area contributed by atoms with Gasteiger partial charge >= 0.3 is 5.97 Å². The number of phenols is 4. The van der Waals surface area contributed by atoms with E-state index >= 15 is 0 Å². The molecule has 3 fully saturated rings. The molecule has 0 spiro atoms. The zero-order chi connectivity index (χ0) is 40.1. The summed E-state index contributed by atoms with van der Waals surface area (Å²) >= 11 is 0. The maximum atomic E-state index is 13.3. The van der Waals surface area contributed by atoms with E-state index in [0.29, 0.717) is 5.56 Å². The highest BCUT2D eigenvalue weighted by Gasteiger charge is 2.53. The summed E-state index contributed by atoms with van der Waals surface area (Å²) in [5, 5.41) is 123. The predicted molar refractivity (Wildman–Crippen MR) is 180 cm³/mol. The van der Waals surface area contributed by atoms with Crippen LogP contribution >= 0.6 is 0 Å². The minimum Gasteiger partial charge on any atom is -0.504 e. The van der Waals surface area contributed by atoms with Crippen molar-refractivity contribution in [1.29, 1.82) is 0 Å². The van der Waals surface area contributed by atoms with Gasteiger partial charge in [0.25, 0.3) is 0 Å². The van der Waals surface area contributed by atoms with Crippen molar-refractivity contribution in [2.45, 2.75) is 105 Å². The van der Waals surface area contributed by atoms with Gasteiger partial charge in [-0.25, -0.2) is 4.79 Å². The van der Waals surface area contributed by atoms with Crippen LogP contribution in [0, 0.1) is 0 Å². The van der Waals surface area contributed by atoms with Gasteiger partial charge in [0, 0.05) is 6.08 Å². The van der Waals surface area contributed by atoms with Crippen molar-refractivity contribution in [2.75, 3.05) is 19.8 Å². The Bertz CT molecular complexity index is 1610. The highest BCUT2D eigenvalue weighted by atomic mass is 16.8. The molecule has 0 radical (unpaired) electrons. The molecule has 306 valence electrons. The van der Waals surface area contributed by atoms with Crippen molar-refractivity contribution >= 4 is 12.0 Å². The van der Waals surface area contributed by atoms with Crippen LogP contribution in [-0.2, 0) is 44.4 Å². The third-order valence-electron chi connectivity index (χ3n) is 9.36. The second-order valence-electron chi connectivity index (χ2n) is 13.3. The molecule has 20 nitrogen and oxygen atoms in total. The Morgan fingerprint density at radius 2 is 1.29 bits per heavy atom. The van der Waals surface area contributed by atoms with E-state index in [4.69, 9.17) is 33.2 Å². The van der Waals surface area contributed by atoms with E-state index in [1.54, 1.807) is 0 Å². The first-order valence-corrected chi connectivity index (χ1v) is 17.2. The van der Waals surface area contributed by atoms with Gasteiger partial charge in [-0.2, -0.15) is 0 Å². The molecule has 3 aliphatic rings. The quantitative estimate of drug-likeness (QED) is 0.0541. The fourth-order valence-corrected chi connectivity index (χ4v) is 6.14. The van der Waals surface area contributed by atoms with Gasteiger partial charge < -0.3 is 94.4 Å². The smallest absolute Gasteiger partial charge is 0.331 e. The number of aromatic hydroxyl groups is 4. The van der Waals surface area contributed by atoms with E-state index in [0.717, 1.165) is 12.1 Å². The summed E-state index contributed by atoms with van der Waals surface area (Å²) in [6.07, 6.45) is -22.6. The minimum atomic E-state index is -1.88. The highest BCUT2D eigenvalue weighted by molar-refractivity contribution is 5.87. The Balaban J connectivity index is 1.43. The molecule has 20 heteroatoms. The van der Waals surface area contributed by atoms with Crippen molar-refractivity contribution in [3.05, 3.63) is 53.6 Å². The van der Waals surface area contributed by atoms with E-state index in [1.165, 1.54) is 43.3 Å². The van der Waals surface area contributed by atoms with Gasteiger partial charge in [0.2, 0.25) is 0 Å². The van der Waals surface area contributed by atoms with E-state index in [-0.39, 0.29) is 30.1 Å². The maximum absolute atomic E-state index is 13.3. The van der Waals surface area contributed by atoms with Crippen molar-refractivity contribution in [1.82, 2.24) is 0 Å². The van der Waals surface area contributed by atoms with Crippen molar-refractivity contribution in [2.24, 2.45) is 0 Å². The van der Waals surface area contributed by atoms with Crippen LogP contribution in [0.15, 0.2) is 42.5 Å². The molecule has 55 heavy (non-hydrogen) atoms. The first kappa shape index (κ1) is 42.4. The summed E-state index contributed by atoms with van der Waals surface area (Å²) in [5.74, 6) is -2.71. The lowest BCUT2D eigenvalue weighted by Gasteiger charge is -2.47. The average Bonchev–Trinajstić information content (AvgIpc) is 3.16. The maximum Gasteiger partial charge on any atom is 0.331 e. The van der Waals surface area contributed by atoms with Crippen LogP contribution in [-0.4, -0.2) is 179 Å². The zero-order valence-electron chi connectivity index (χ0n) is 29.2. The topological polar surface area (TPSA) is 324 Å². The molecule has 5 rings (SSSR count). The molecule has 0 aromatic heterocycles. The third kappa shape index (κ3) is 10.0. The van der Waals surface area contributed by atoms with Gasteiger partial charge in [0.15, 0.2) is 48.0 Å². The number of esters is 1. The molecule has 0 amide bonds. The normalized spacial score (nSPS) is 36.9. The van der Waals surface area contributed by atoms with Crippen LogP contribution < -0.4 is 0 Å². The molecule has 2 aromatic carbocycles. The van der Waals surface area contributed by atoms with Gasteiger partial charge in [0.05, 0.1) is 25.9 Å². The predicted octanol–water partition coefficient (Wildman–Crippen LogP) is -3.19. The van der Waals surface area contributed by atoms with Gasteiger partial charge in [-0.05, 0) is 54.8 Å². The first-order chi connectivity index (χ1) is 26.1. The lowest BCUT2D eigenvalue weighted by Crippen LogP contribution is -2.65. The summed E-state index contributed by atoms with van der Waals surface area (Å²) in [6, 6.07) is 7.75. The van der Waals surface area contributed by atoms with Crippen LogP contribution in [0.4, 0.5) is 0 Å². The summed E-state index contributed by atoms with van der Waals surface area (Å²) in [4.78, 5) is 13.3. The van der Waals surface area contributed by atoms with Crippen molar-refractivity contribution in [3.63, 3.8) is 0 Å². The largest absolute Gasteiger partial charge is 0.504 e. The number of rotatable bonds is 13.